The minimum Gasteiger partial charge on any atom is -0.375 e. The number of aromatic nitrogens is 1. The molecule has 2 nitrogen and oxygen atoms in total. The molecular weight excluding hydrogens is 176 g/mol. The van der Waals surface area contributed by atoms with E-state index >= 15 is 0 Å². The second-order valence-electron chi connectivity index (χ2n) is 0.870. The fourth-order valence-electron chi connectivity index (χ4n) is 0.234. The predicted molar refractivity (Wildman–Crippen MR) is 36.8 cm³/mol. The van der Waals surface area contributed by atoms with Crippen LogP contribution in [0.3, 0.4) is 0 Å². The largest absolute Gasteiger partial charge is 0.375 e. The molecule has 0 spiro atoms. The lowest BCUT2D eigenvalue weighted by molar-refractivity contribution is 1.43. The molecule has 1 rings (SSSR count). The second kappa shape index (κ2) is 2.98. The highest BCUT2D eigenvalue weighted by Crippen LogP contribution is 2.02. The van der Waals surface area contributed by atoms with Gasteiger partial charge in [-0.3, -0.25) is 0 Å². The molecule has 0 amide bonds. The van der Waals surface area contributed by atoms with Crippen LogP contribution in [0.2, 0.25) is 0 Å². The topological polar surface area (TPSA) is 38.9 Å². The molecule has 0 saturated carbocycles. The summed E-state index contributed by atoms with van der Waals surface area (Å²) in [6, 6.07) is 0. The first-order chi connectivity index (χ1) is 2.89. The third kappa shape index (κ3) is 1.89. The quantitative estimate of drug-likeness (QED) is 0.655. The summed E-state index contributed by atoms with van der Waals surface area (Å²) in [6.07, 6.45) is 1.68. The fourth-order valence-corrected chi connectivity index (χ4v) is 0.617. The molecule has 0 fully saturated rings. The van der Waals surface area contributed by atoms with E-state index in [1.807, 2.05) is 5.38 Å². The third-order valence-corrected chi connectivity index (χ3v) is 1.06. The number of thiazole rings is 1. The molecule has 1 heterocycles. The van der Waals surface area contributed by atoms with E-state index in [0.717, 1.165) is 0 Å². The lowest BCUT2D eigenvalue weighted by Gasteiger charge is -1.67. The van der Waals surface area contributed by atoms with Crippen molar-refractivity contribution in [1.82, 2.24) is 4.98 Å². The van der Waals surface area contributed by atoms with Crippen LogP contribution >= 0.6 is 28.3 Å². The zero-order valence-corrected chi connectivity index (χ0v) is 6.03. The first-order valence-corrected chi connectivity index (χ1v) is 2.42. The Labute approximate surface area is 56.1 Å². The number of nitrogens with two attached hydrogens (primary N) is 1. The number of nitrogens with zero attached hydrogens (tertiary/aromatic N) is 1. The molecule has 0 atom stereocenters. The number of hydrogen-bond acceptors (Lipinski definition) is 3. The van der Waals surface area contributed by atoms with Crippen LogP contribution in [0.15, 0.2) is 11.6 Å². The SMILES string of the molecule is Br.Nc1nccs1. The molecule has 0 aromatic carbocycles. The molecule has 0 radical (unpaired) electrons. The zero-order valence-electron chi connectivity index (χ0n) is 3.50. The van der Waals surface area contributed by atoms with E-state index in [-0.39, 0.29) is 17.0 Å². The van der Waals surface area contributed by atoms with E-state index in [1.165, 1.54) is 11.3 Å². The molecule has 0 aliphatic carbocycles. The van der Waals surface area contributed by atoms with E-state index < -0.39 is 0 Å². The first kappa shape index (κ1) is 6.91. The summed E-state index contributed by atoms with van der Waals surface area (Å²) in [6.45, 7) is 0. The van der Waals surface area contributed by atoms with Gasteiger partial charge in [0.15, 0.2) is 5.13 Å². The summed E-state index contributed by atoms with van der Waals surface area (Å²) in [4.78, 5) is 3.71. The van der Waals surface area contributed by atoms with Crippen molar-refractivity contribution in [2.75, 3.05) is 5.73 Å². The predicted octanol–water partition coefficient (Wildman–Crippen LogP) is 1.30. The number of anilines is 1. The monoisotopic (exact) mass is 180 g/mol. The van der Waals surface area contributed by atoms with Crippen molar-refractivity contribution in [2.45, 2.75) is 0 Å². The molecule has 7 heavy (non-hydrogen) atoms. The first-order valence-electron chi connectivity index (χ1n) is 1.54. The molecule has 0 saturated heterocycles. The number of rotatable bonds is 0. The van der Waals surface area contributed by atoms with Gasteiger partial charge in [-0.05, 0) is 0 Å². The van der Waals surface area contributed by atoms with Crippen molar-refractivity contribution in [3.8, 4) is 0 Å². The maximum Gasteiger partial charge on any atom is 0.179 e. The van der Waals surface area contributed by atoms with Gasteiger partial charge in [-0.1, -0.05) is 0 Å². The van der Waals surface area contributed by atoms with Gasteiger partial charge in [-0.25, -0.2) is 4.98 Å². The van der Waals surface area contributed by atoms with Gasteiger partial charge in [0.1, 0.15) is 0 Å². The molecule has 0 aliphatic heterocycles. The van der Waals surface area contributed by atoms with Gasteiger partial charge in [0.05, 0.1) is 0 Å². The van der Waals surface area contributed by atoms with Crippen LogP contribution in [0.1, 0.15) is 0 Å². The molecular formula is C3H5BrN2S. The van der Waals surface area contributed by atoms with E-state index in [1.54, 1.807) is 6.20 Å². The minimum absolute atomic E-state index is 0. The Morgan fingerprint density at radius 1 is 1.71 bits per heavy atom. The number of halogens is 1. The number of nitrogen functional groups attached to an aromatic ring is 1. The van der Waals surface area contributed by atoms with Crippen LogP contribution in [0.4, 0.5) is 5.13 Å². The Morgan fingerprint density at radius 3 is 2.57 bits per heavy atom. The Kier molecular flexibility index (Phi) is 2.95. The number of hydrogen-bond donors (Lipinski definition) is 1. The van der Waals surface area contributed by atoms with Gasteiger partial charge in [-0.15, -0.1) is 28.3 Å². The molecule has 2 N–H and O–H groups in total. The van der Waals surface area contributed by atoms with Crippen LogP contribution < -0.4 is 5.73 Å². The summed E-state index contributed by atoms with van der Waals surface area (Å²) in [7, 11) is 0. The highest BCUT2D eigenvalue weighted by atomic mass is 79.9. The highest BCUT2D eigenvalue weighted by molar-refractivity contribution is 8.93. The van der Waals surface area contributed by atoms with Crippen molar-refractivity contribution >= 4 is 33.4 Å². The highest BCUT2D eigenvalue weighted by Gasteiger charge is 1.76. The Morgan fingerprint density at radius 2 is 2.43 bits per heavy atom. The lowest BCUT2D eigenvalue weighted by Crippen LogP contribution is -1.77. The van der Waals surface area contributed by atoms with Crippen LogP contribution in [0, 0.1) is 0 Å². The van der Waals surface area contributed by atoms with Crippen molar-refractivity contribution in [3.63, 3.8) is 0 Å². The summed E-state index contributed by atoms with van der Waals surface area (Å²) in [5.41, 5.74) is 5.19. The normalized spacial score (nSPS) is 7.43. The van der Waals surface area contributed by atoms with E-state index in [2.05, 4.69) is 4.98 Å². The maximum atomic E-state index is 5.19. The summed E-state index contributed by atoms with van der Waals surface area (Å²) in [5.74, 6) is 0. The fraction of sp³-hybridized carbons (Fsp3) is 0. The van der Waals surface area contributed by atoms with Gasteiger partial charge < -0.3 is 5.73 Å². The van der Waals surface area contributed by atoms with Gasteiger partial charge in [0.25, 0.3) is 0 Å². The van der Waals surface area contributed by atoms with E-state index in [0.29, 0.717) is 5.13 Å². The molecule has 1 aromatic rings. The van der Waals surface area contributed by atoms with Crippen LogP contribution in [-0.2, 0) is 0 Å². The van der Waals surface area contributed by atoms with Crippen LogP contribution in [0.5, 0.6) is 0 Å². The third-order valence-electron chi connectivity index (χ3n) is 0.451. The van der Waals surface area contributed by atoms with Crippen LogP contribution in [-0.4, -0.2) is 4.98 Å². The molecule has 4 heteroatoms. The Bertz CT molecular complexity index is 116. The standard InChI is InChI=1S/C3H4N2S.BrH/c4-3-5-1-2-6-3;/h1-2H,(H2,4,5);1H. The maximum absolute atomic E-state index is 5.19. The minimum atomic E-state index is 0. The lowest BCUT2D eigenvalue weighted by atomic mass is 11.0. The Hall–Kier alpha value is -0.0900. The molecule has 1 aromatic heterocycles. The average Bonchev–Trinajstić information content (AvgIpc) is 1.86. The second-order valence-corrected chi connectivity index (χ2v) is 1.80. The molecule has 40 valence electrons. The Balaban J connectivity index is 0.000000360. The summed E-state index contributed by atoms with van der Waals surface area (Å²) >= 11 is 1.44. The van der Waals surface area contributed by atoms with Crippen molar-refractivity contribution in [1.29, 1.82) is 0 Å². The van der Waals surface area contributed by atoms with E-state index in [4.69, 9.17) is 5.73 Å². The van der Waals surface area contributed by atoms with Crippen LogP contribution in [0.25, 0.3) is 0 Å². The van der Waals surface area contributed by atoms with Gasteiger partial charge in [0.2, 0.25) is 0 Å². The van der Waals surface area contributed by atoms with Crippen molar-refractivity contribution in [3.05, 3.63) is 11.6 Å². The van der Waals surface area contributed by atoms with Gasteiger partial charge in [-0.2, -0.15) is 0 Å². The molecule has 0 aliphatic rings. The van der Waals surface area contributed by atoms with Gasteiger partial charge in [0, 0.05) is 11.6 Å². The van der Waals surface area contributed by atoms with Gasteiger partial charge >= 0.3 is 0 Å². The summed E-state index contributed by atoms with van der Waals surface area (Å²) < 4.78 is 0. The average molecular weight is 181 g/mol. The van der Waals surface area contributed by atoms with Crippen molar-refractivity contribution < 1.29 is 0 Å². The molecule has 0 unspecified atom stereocenters. The smallest absolute Gasteiger partial charge is 0.179 e. The summed E-state index contributed by atoms with van der Waals surface area (Å²) in [5, 5.41) is 2.48. The zero-order chi connectivity index (χ0) is 4.41. The molecule has 0 bridgehead atoms. The van der Waals surface area contributed by atoms with Crippen molar-refractivity contribution in [2.24, 2.45) is 0 Å². The van der Waals surface area contributed by atoms with E-state index in [9.17, 15) is 0 Å².